The standard InChI is InChI=1S/C24H17NO/c26-23-10-4-7-17-12-14-19(25-24(17)23)13-11-16-6-3-9-21-20-8-2-1-5-18(20)15-22(16)21/h1-14,26H,15H2/b13-11+. The van der Waals surface area contributed by atoms with Gasteiger partial charge in [0.2, 0.25) is 0 Å². The number of phenols is 1. The van der Waals surface area contributed by atoms with Gasteiger partial charge in [0.25, 0.3) is 0 Å². The Morgan fingerprint density at radius 1 is 0.769 bits per heavy atom. The largest absolute Gasteiger partial charge is 0.506 e. The van der Waals surface area contributed by atoms with E-state index in [2.05, 4.69) is 53.5 Å². The van der Waals surface area contributed by atoms with E-state index in [1.807, 2.05) is 30.3 Å². The van der Waals surface area contributed by atoms with Crippen molar-refractivity contribution in [1.82, 2.24) is 4.98 Å². The van der Waals surface area contributed by atoms with Gasteiger partial charge < -0.3 is 5.11 Å². The van der Waals surface area contributed by atoms with Crippen molar-refractivity contribution in [2.45, 2.75) is 6.42 Å². The Balaban J connectivity index is 1.54. The maximum absolute atomic E-state index is 10.0. The zero-order valence-corrected chi connectivity index (χ0v) is 14.2. The lowest BCUT2D eigenvalue weighted by molar-refractivity contribution is 0.480. The molecule has 1 aliphatic carbocycles. The first-order chi connectivity index (χ1) is 12.8. The Bertz CT molecular complexity index is 1170. The molecule has 4 aromatic rings. The first kappa shape index (κ1) is 14.9. The van der Waals surface area contributed by atoms with Crippen LogP contribution in [0.15, 0.2) is 72.8 Å². The predicted octanol–water partition coefficient (Wildman–Crippen LogP) is 5.68. The lowest BCUT2D eigenvalue weighted by Crippen LogP contribution is -1.87. The highest BCUT2D eigenvalue weighted by Gasteiger charge is 2.19. The number of benzene rings is 3. The molecular formula is C24H17NO. The van der Waals surface area contributed by atoms with E-state index >= 15 is 0 Å². The summed E-state index contributed by atoms with van der Waals surface area (Å²) >= 11 is 0. The fourth-order valence-electron chi connectivity index (χ4n) is 3.75. The fourth-order valence-corrected chi connectivity index (χ4v) is 3.75. The van der Waals surface area contributed by atoms with Crippen LogP contribution in [0.25, 0.3) is 34.2 Å². The Labute approximate surface area is 152 Å². The minimum absolute atomic E-state index is 0.216. The molecule has 0 spiro atoms. The van der Waals surface area contributed by atoms with Gasteiger partial charge in [-0.2, -0.15) is 0 Å². The van der Waals surface area contributed by atoms with E-state index in [4.69, 9.17) is 0 Å². The molecule has 5 rings (SSSR count). The Kier molecular flexibility index (Phi) is 3.36. The summed E-state index contributed by atoms with van der Waals surface area (Å²) in [6, 6.07) is 24.5. The van der Waals surface area contributed by atoms with Crippen LogP contribution < -0.4 is 0 Å². The topological polar surface area (TPSA) is 33.1 Å². The summed E-state index contributed by atoms with van der Waals surface area (Å²) in [5, 5.41) is 11.0. The minimum atomic E-state index is 0.216. The molecule has 124 valence electrons. The third-order valence-electron chi connectivity index (χ3n) is 5.04. The second-order valence-electron chi connectivity index (χ2n) is 6.63. The summed E-state index contributed by atoms with van der Waals surface area (Å²) in [4.78, 5) is 4.59. The molecule has 0 unspecified atom stereocenters. The van der Waals surface area contributed by atoms with Crippen LogP contribution >= 0.6 is 0 Å². The number of fused-ring (bicyclic) bond motifs is 4. The van der Waals surface area contributed by atoms with Crippen molar-refractivity contribution < 1.29 is 5.11 Å². The lowest BCUT2D eigenvalue weighted by atomic mass is 10.0. The molecule has 0 saturated heterocycles. The Morgan fingerprint density at radius 3 is 2.58 bits per heavy atom. The number of para-hydroxylation sites is 1. The summed E-state index contributed by atoms with van der Waals surface area (Å²) in [5.41, 5.74) is 8.12. The number of aromatic hydroxyl groups is 1. The summed E-state index contributed by atoms with van der Waals surface area (Å²) in [7, 11) is 0. The fraction of sp³-hybridized carbons (Fsp3) is 0.0417. The van der Waals surface area contributed by atoms with Gasteiger partial charge in [-0.15, -0.1) is 0 Å². The minimum Gasteiger partial charge on any atom is -0.506 e. The zero-order chi connectivity index (χ0) is 17.5. The molecule has 1 aliphatic rings. The molecule has 0 fully saturated rings. The van der Waals surface area contributed by atoms with Crippen molar-refractivity contribution in [3.8, 4) is 16.9 Å². The van der Waals surface area contributed by atoms with Crippen molar-refractivity contribution in [3.05, 3.63) is 95.2 Å². The number of nitrogens with zero attached hydrogens (tertiary/aromatic N) is 1. The molecule has 1 N–H and O–H groups in total. The zero-order valence-electron chi connectivity index (χ0n) is 14.2. The normalized spacial score (nSPS) is 12.5. The van der Waals surface area contributed by atoms with E-state index in [-0.39, 0.29) is 5.75 Å². The van der Waals surface area contributed by atoms with Gasteiger partial charge in [-0.1, -0.05) is 66.7 Å². The van der Waals surface area contributed by atoms with E-state index in [9.17, 15) is 5.11 Å². The number of aromatic nitrogens is 1. The molecular weight excluding hydrogens is 318 g/mol. The average molecular weight is 335 g/mol. The summed E-state index contributed by atoms with van der Waals surface area (Å²) < 4.78 is 0. The van der Waals surface area contributed by atoms with Crippen LogP contribution in [0.2, 0.25) is 0 Å². The van der Waals surface area contributed by atoms with Crippen molar-refractivity contribution in [3.63, 3.8) is 0 Å². The van der Waals surface area contributed by atoms with Crippen molar-refractivity contribution in [2.24, 2.45) is 0 Å². The molecule has 1 heterocycles. The highest BCUT2D eigenvalue weighted by molar-refractivity contribution is 5.86. The highest BCUT2D eigenvalue weighted by Crippen LogP contribution is 2.38. The molecule has 0 amide bonds. The summed E-state index contributed by atoms with van der Waals surface area (Å²) in [6.45, 7) is 0. The highest BCUT2D eigenvalue weighted by atomic mass is 16.3. The third-order valence-corrected chi connectivity index (χ3v) is 5.04. The van der Waals surface area contributed by atoms with Crippen LogP contribution in [0.1, 0.15) is 22.4 Å². The number of rotatable bonds is 2. The molecule has 0 saturated carbocycles. The second kappa shape index (κ2) is 5.85. The Morgan fingerprint density at radius 2 is 1.62 bits per heavy atom. The molecule has 1 aromatic heterocycles. The molecule has 2 heteroatoms. The smallest absolute Gasteiger partial charge is 0.141 e. The molecule has 2 nitrogen and oxygen atoms in total. The molecule has 3 aromatic carbocycles. The molecule has 0 bridgehead atoms. The van der Waals surface area contributed by atoms with Gasteiger partial charge in [-0.05, 0) is 52.4 Å². The lowest BCUT2D eigenvalue weighted by Gasteiger charge is -2.05. The maximum atomic E-state index is 10.0. The predicted molar refractivity (Wildman–Crippen MR) is 107 cm³/mol. The van der Waals surface area contributed by atoms with E-state index in [0.29, 0.717) is 5.52 Å². The van der Waals surface area contributed by atoms with Crippen molar-refractivity contribution in [2.75, 3.05) is 0 Å². The quantitative estimate of drug-likeness (QED) is 0.450. The van der Waals surface area contributed by atoms with Crippen LogP contribution in [0.5, 0.6) is 5.75 Å². The SMILES string of the molecule is Oc1cccc2ccc(/C=C/c3cccc4c3Cc3ccccc3-4)nc12. The van der Waals surface area contributed by atoms with Gasteiger partial charge >= 0.3 is 0 Å². The van der Waals surface area contributed by atoms with Crippen LogP contribution in [0.4, 0.5) is 0 Å². The maximum Gasteiger partial charge on any atom is 0.141 e. The van der Waals surface area contributed by atoms with Gasteiger partial charge in [-0.3, -0.25) is 0 Å². The number of phenolic OH excluding ortho intramolecular Hbond substituents is 1. The summed E-state index contributed by atoms with van der Waals surface area (Å²) in [6.07, 6.45) is 5.11. The number of hydrogen-bond donors (Lipinski definition) is 1. The number of hydrogen-bond acceptors (Lipinski definition) is 2. The van der Waals surface area contributed by atoms with E-state index in [1.54, 1.807) is 6.07 Å². The van der Waals surface area contributed by atoms with E-state index in [1.165, 1.54) is 27.8 Å². The number of pyridine rings is 1. The van der Waals surface area contributed by atoms with Gasteiger partial charge in [0.15, 0.2) is 0 Å². The van der Waals surface area contributed by atoms with Gasteiger partial charge in [0, 0.05) is 5.39 Å². The van der Waals surface area contributed by atoms with Crippen LogP contribution in [0, 0.1) is 0 Å². The van der Waals surface area contributed by atoms with Crippen LogP contribution in [-0.2, 0) is 6.42 Å². The molecule has 0 atom stereocenters. The van der Waals surface area contributed by atoms with Gasteiger partial charge in [0.1, 0.15) is 11.3 Å². The first-order valence-electron chi connectivity index (χ1n) is 8.76. The molecule has 0 aliphatic heterocycles. The second-order valence-corrected chi connectivity index (χ2v) is 6.63. The van der Waals surface area contributed by atoms with Gasteiger partial charge in [0.05, 0.1) is 5.69 Å². The monoisotopic (exact) mass is 335 g/mol. The van der Waals surface area contributed by atoms with Crippen LogP contribution in [-0.4, -0.2) is 10.1 Å². The van der Waals surface area contributed by atoms with Crippen LogP contribution in [0.3, 0.4) is 0 Å². The third kappa shape index (κ3) is 2.39. The average Bonchev–Trinajstić information content (AvgIpc) is 3.06. The Hall–Kier alpha value is -3.39. The summed E-state index contributed by atoms with van der Waals surface area (Å²) in [5.74, 6) is 0.216. The molecule has 0 radical (unpaired) electrons. The van der Waals surface area contributed by atoms with Crippen molar-refractivity contribution >= 4 is 23.1 Å². The van der Waals surface area contributed by atoms with Crippen molar-refractivity contribution in [1.29, 1.82) is 0 Å². The van der Waals surface area contributed by atoms with E-state index < -0.39 is 0 Å². The first-order valence-corrected chi connectivity index (χ1v) is 8.76. The molecule has 26 heavy (non-hydrogen) atoms. The van der Waals surface area contributed by atoms with Gasteiger partial charge in [-0.25, -0.2) is 4.98 Å². The van der Waals surface area contributed by atoms with E-state index in [0.717, 1.165) is 17.5 Å².